The number of ether oxygens (including phenoxy) is 2. The van der Waals surface area contributed by atoms with Crippen molar-refractivity contribution in [3.63, 3.8) is 0 Å². The highest BCUT2D eigenvalue weighted by molar-refractivity contribution is 5.98. The quantitative estimate of drug-likeness (QED) is 0.0956. The van der Waals surface area contributed by atoms with Gasteiger partial charge in [-0.15, -0.1) is 0 Å². The topological polar surface area (TPSA) is 172 Å². The smallest absolute Gasteiger partial charge is 0.351 e. The molecule has 5 aliphatic rings. The van der Waals surface area contributed by atoms with Gasteiger partial charge in [0.25, 0.3) is 0 Å². The van der Waals surface area contributed by atoms with Gasteiger partial charge in [0.15, 0.2) is 0 Å². The summed E-state index contributed by atoms with van der Waals surface area (Å²) in [6.07, 6.45) is 7.20. The van der Waals surface area contributed by atoms with E-state index in [1.54, 1.807) is 54.6 Å². The number of fused-ring (bicyclic) bond motifs is 10. The van der Waals surface area contributed by atoms with Gasteiger partial charge in [-0.25, -0.2) is 24.0 Å². The Morgan fingerprint density at radius 3 is 1.94 bits per heavy atom. The predicted octanol–water partition coefficient (Wildman–Crippen LogP) is 12.1. The van der Waals surface area contributed by atoms with Crippen molar-refractivity contribution >= 4 is 56.4 Å². The van der Waals surface area contributed by atoms with Crippen molar-refractivity contribution in [2.45, 2.75) is 125 Å². The number of benzene rings is 3. The molecule has 6 aromatic rings. The molecule has 0 unspecified atom stereocenters. The van der Waals surface area contributed by atoms with E-state index in [0.717, 1.165) is 55.9 Å². The van der Waals surface area contributed by atoms with Crippen molar-refractivity contribution in [2.24, 2.45) is 50.2 Å². The molecule has 11 rings (SSSR count). The van der Waals surface area contributed by atoms with Gasteiger partial charge < -0.3 is 28.0 Å². The van der Waals surface area contributed by atoms with Crippen molar-refractivity contribution in [3.8, 4) is 0 Å². The second kappa shape index (κ2) is 16.5. The molecule has 0 aliphatic heterocycles. The van der Waals surface area contributed by atoms with Crippen molar-refractivity contribution in [3.05, 3.63) is 145 Å². The Balaban J connectivity index is 0.957. The molecule has 5 aliphatic carbocycles. The highest BCUT2D eigenvalue weighted by atomic mass is 16.6. The molecule has 9 atom stereocenters. The number of nitrogens with one attached hydrogen (secondary N) is 1. The Bertz CT molecular complexity index is 3490. The van der Waals surface area contributed by atoms with Crippen LogP contribution in [0.2, 0.25) is 0 Å². The van der Waals surface area contributed by atoms with Gasteiger partial charge in [-0.3, -0.25) is 4.79 Å². The lowest BCUT2D eigenvalue weighted by molar-refractivity contribution is -0.231. The first-order valence-electron chi connectivity index (χ1n) is 25.6. The van der Waals surface area contributed by atoms with Gasteiger partial charge >= 0.3 is 28.8 Å². The van der Waals surface area contributed by atoms with Gasteiger partial charge in [0.05, 0.1) is 5.41 Å². The second-order valence-electron chi connectivity index (χ2n) is 24.1. The van der Waals surface area contributed by atoms with E-state index in [0.29, 0.717) is 46.1 Å². The Morgan fingerprint density at radius 1 is 0.653 bits per heavy atom. The average molecular weight is 974 g/mol. The zero-order valence-corrected chi connectivity index (χ0v) is 42.4. The third kappa shape index (κ3) is 7.27. The van der Waals surface area contributed by atoms with Gasteiger partial charge in [-0.2, -0.15) is 0 Å². The number of carbonyl (C=O) groups is 3. The summed E-state index contributed by atoms with van der Waals surface area (Å²) in [5, 5.41) is 5.26. The molecule has 0 spiro atoms. The lowest BCUT2D eigenvalue weighted by Crippen LogP contribution is -2.68. The van der Waals surface area contributed by atoms with Gasteiger partial charge in [-0.05, 0) is 146 Å². The monoisotopic (exact) mass is 973 g/mol. The number of hydrogen-bond donors (Lipinski definition) is 1. The van der Waals surface area contributed by atoms with E-state index in [-0.39, 0.29) is 51.0 Å². The summed E-state index contributed by atoms with van der Waals surface area (Å²) in [4.78, 5) is 83.1. The summed E-state index contributed by atoms with van der Waals surface area (Å²) in [7, 11) is 0. The first kappa shape index (κ1) is 47.7. The summed E-state index contributed by atoms with van der Waals surface area (Å²) < 4.78 is 29.7. The Kier molecular flexibility index (Phi) is 10.9. The minimum atomic E-state index is -1.02. The molecule has 12 heteroatoms. The fraction of sp³-hybridized carbons (Fsp3) is 0.467. The van der Waals surface area contributed by atoms with E-state index < -0.39 is 57.3 Å². The molecule has 4 saturated carbocycles. The number of amides is 1. The van der Waals surface area contributed by atoms with Crippen molar-refractivity contribution < 1.29 is 37.1 Å². The largest absolute Gasteiger partial charge is 0.455 e. The van der Waals surface area contributed by atoms with E-state index in [1.807, 2.05) is 19.1 Å². The van der Waals surface area contributed by atoms with Crippen LogP contribution in [0.1, 0.15) is 133 Å². The average Bonchev–Trinajstić information content (AvgIpc) is 3.32. The van der Waals surface area contributed by atoms with Crippen LogP contribution in [0, 0.1) is 57.2 Å². The molecule has 3 aromatic carbocycles. The maximum Gasteiger partial charge on any atom is 0.351 e. The predicted molar refractivity (Wildman–Crippen MR) is 274 cm³/mol. The summed E-state index contributed by atoms with van der Waals surface area (Å²) in [6, 6.07) is 23.9. The number of hydrogen-bond acceptors (Lipinski definition) is 11. The van der Waals surface area contributed by atoms with Crippen LogP contribution in [0.5, 0.6) is 0 Å². The van der Waals surface area contributed by atoms with Crippen LogP contribution < -0.4 is 22.2 Å². The molecule has 0 radical (unpaired) electrons. The molecule has 1 N–H and O–H groups in total. The first-order chi connectivity index (χ1) is 34.1. The van der Waals surface area contributed by atoms with E-state index in [9.17, 15) is 24.0 Å². The summed E-state index contributed by atoms with van der Waals surface area (Å²) >= 11 is 0. The number of anilines is 1. The molecular formula is C60H63NO11. The zero-order valence-electron chi connectivity index (χ0n) is 42.4. The number of rotatable bonds is 6. The fourth-order valence-electron chi connectivity index (χ4n) is 15.5. The molecule has 4 fully saturated rings. The lowest BCUT2D eigenvalue weighted by atomic mass is 9.33. The van der Waals surface area contributed by atoms with E-state index in [1.165, 1.54) is 23.8 Å². The van der Waals surface area contributed by atoms with Crippen LogP contribution in [-0.2, 0) is 14.3 Å². The number of aryl methyl sites for hydroxylation is 1. The van der Waals surface area contributed by atoms with E-state index >= 15 is 4.79 Å². The molecule has 374 valence electrons. The third-order valence-corrected chi connectivity index (χ3v) is 19.4. The van der Waals surface area contributed by atoms with Crippen LogP contribution >= 0.6 is 0 Å². The van der Waals surface area contributed by atoms with Crippen LogP contribution in [0.3, 0.4) is 0 Å². The zero-order chi connectivity index (χ0) is 50.9. The highest BCUT2D eigenvalue weighted by Crippen LogP contribution is 2.76. The summed E-state index contributed by atoms with van der Waals surface area (Å²) in [5.41, 5.74) is -1.20. The normalized spacial score (nSPS) is 31.3. The maximum atomic E-state index is 15.1. The minimum Gasteiger partial charge on any atom is -0.455 e. The molecule has 12 nitrogen and oxygen atoms in total. The molecule has 3 aromatic heterocycles. The summed E-state index contributed by atoms with van der Waals surface area (Å²) in [5.74, 6) is -1.71. The van der Waals surface area contributed by atoms with Crippen LogP contribution in [-0.4, -0.2) is 30.1 Å². The van der Waals surface area contributed by atoms with Gasteiger partial charge in [0.2, 0.25) is 5.91 Å². The number of esters is 2. The second-order valence-corrected chi connectivity index (χ2v) is 24.1. The lowest BCUT2D eigenvalue weighted by Gasteiger charge is -2.71. The molecule has 0 bridgehead atoms. The molecule has 1 amide bonds. The molecular weight excluding hydrogens is 911 g/mol. The molecule has 3 heterocycles. The number of carbonyl (C=O) groups excluding carboxylic acids is 3. The van der Waals surface area contributed by atoms with Crippen LogP contribution in [0.25, 0.3) is 32.9 Å². The molecule has 72 heavy (non-hydrogen) atoms. The highest BCUT2D eigenvalue weighted by Gasteiger charge is 2.71. The standard InChI is InChI=1S/C60H63NO11/c1-33-27-48(62)68-44-30-36(17-18-37(33)44)61-54(67)60-25-23-55(2,3)31-41(60)40-19-20-47-57(6)32-45(71-52(65)38-28-34-13-9-11-15-42(34)69-50(38)63)49(56(4,5)46(57)21-22-59(47,8)58(40,7)24-26-60)72-53(66)39-29-35-14-10-12-16-43(35)70-51(39)64/h9-19,27-30,41,45-47,49H,20-26,31-32H2,1-8H3,(H,61,67)/t41-,45+,46-,47+,49-,57-,58+,59+,60-/m0/s1. The van der Waals surface area contributed by atoms with E-state index in [4.69, 9.17) is 22.7 Å². The van der Waals surface area contributed by atoms with Crippen molar-refractivity contribution in [1.82, 2.24) is 0 Å². The Hall–Kier alpha value is -6.56. The number of para-hydroxylation sites is 2. The Morgan fingerprint density at radius 2 is 1.28 bits per heavy atom. The Labute approximate surface area is 417 Å². The van der Waals surface area contributed by atoms with Gasteiger partial charge in [-0.1, -0.05) is 96.5 Å². The SMILES string of the molecule is Cc1cc(=O)oc2cc(NC(=O)[C@]34CCC(C)(C)C[C@H]3C3=CC[C@@H]5[C@@]6(C)C[C@@H](OC(=O)c7cc8ccccc8oc7=O)[C@H](OC(=O)c7cc8ccccc8oc7=O)C(C)(C)[C@@H]6CC[C@@]5(C)[C@]3(C)CC4)ccc12. The minimum absolute atomic E-state index is 0.00411. The maximum absolute atomic E-state index is 15.1. The van der Waals surface area contributed by atoms with E-state index in [2.05, 4.69) is 59.9 Å². The fourth-order valence-corrected chi connectivity index (χ4v) is 15.5. The summed E-state index contributed by atoms with van der Waals surface area (Å²) in [6.45, 7) is 17.8. The third-order valence-electron chi connectivity index (χ3n) is 19.4. The van der Waals surface area contributed by atoms with Gasteiger partial charge in [0.1, 0.15) is 40.1 Å². The van der Waals surface area contributed by atoms with Crippen molar-refractivity contribution in [1.29, 1.82) is 0 Å². The van der Waals surface area contributed by atoms with Crippen molar-refractivity contribution in [2.75, 3.05) is 5.32 Å². The van der Waals surface area contributed by atoms with Gasteiger partial charge in [0, 0.05) is 39.4 Å². The van der Waals surface area contributed by atoms with Crippen LogP contribution in [0.4, 0.5) is 5.69 Å². The first-order valence-corrected chi connectivity index (χ1v) is 25.6. The van der Waals surface area contributed by atoms with Crippen LogP contribution in [0.15, 0.2) is 124 Å². The molecule has 0 saturated heterocycles. The number of allylic oxidation sites excluding steroid dienone is 2.